The maximum atomic E-state index is 12.1. The lowest BCUT2D eigenvalue weighted by Crippen LogP contribution is -2.45. The van der Waals surface area contributed by atoms with Crippen LogP contribution in [0.3, 0.4) is 0 Å². The Morgan fingerprint density at radius 3 is 3.12 bits per heavy atom. The number of nitrogens with two attached hydrogens (primary N) is 1. The molecular formula is C16H24N5O4+. The van der Waals surface area contributed by atoms with Crippen molar-refractivity contribution in [2.45, 2.75) is 31.8 Å². The number of nitrogens with one attached hydrogen (secondary N) is 1. The highest BCUT2D eigenvalue weighted by Crippen LogP contribution is 2.33. The zero-order valence-corrected chi connectivity index (χ0v) is 14.4. The second-order valence-electron chi connectivity index (χ2n) is 6.30. The molecule has 1 aliphatic heterocycles. The number of hydrogen-bond acceptors (Lipinski definition) is 6. The number of nitrogen functional groups attached to an aromatic ring is 1. The number of rotatable bonds is 6. The molecule has 9 nitrogen and oxygen atoms in total. The van der Waals surface area contributed by atoms with Gasteiger partial charge in [-0.1, -0.05) is 11.1 Å². The molecule has 1 fully saturated rings. The number of ether oxygens (including phenoxy) is 2. The normalized spacial score (nSPS) is 26.4. The highest BCUT2D eigenvalue weighted by molar-refractivity contribution is 5.67. The van der Waals surface area contributed by atoms with Gasteiger partial charge in [0.25, 0.3) is 11.5 Å². The molecule has 3 heterocycles. The Balaban J connectivity index is 1.89. The Morgan fingerprint density at radius 1 is 1.64 bits per heavy atom. The molecule has 1 aliphatic rings. The topological polar surface area (TPSA) is 119 Å². The molecule has 0 spiro atoms. The van der Waals surface area contributed by atoms with Crippen LogP contribution in [0.25, 0.3) is 11.2 Å². The van der Waals surface area contributed by atoms with Crippen LogP contribution < -0.4 is 15.9 Å². The van der Waals surface area contributed by atoms with Crippen LogP contribution in [0.4, 0.5) is 5.95 Å². The summed E-state index contributed by atoms with van der Waals surface area (Å²) in [5, 5.41) is 10.8. The Kier molecular flexibility index (Phi) is 4.89. The standard InChI is InChI=1S/C16H23N5O4/c1-4-6-24-7-5-10-9(2)25-15(12(10)22)21-8-20(3)11-13(21)18-16(17)19-14(11)23/h4,8-10,12,15,22H,1,5-7H2,2-3H3,(H2-,17,18,19,23)/p+1/t9-,10-,12-,15?/m1/s1. The van der Waals surface area contributed by atoms with Crippen LogP contribution >= 0.6 is 0 Å². The summed E-state index contributed by atoms with van der Waals surface area (Å²) in [5.74, 6) is -0.0655. The van der Waals surface area contributed by atoms with E-state index in [1.807, 2.05) is 6.92 Å². The lowest BCUT2D eigenvalue weighted by atomic mass is 9.95. The third-order valence-electron chi connectivity index (χ3n) is 4.58. The van der Waals surface area contributed by atoms with E-state index < -0.39 is 12.3 Å². The van der Waals surface area contributed by atoms with Crippen molar-refractivity contribution in [3.8, 4) is 0 Å². The predicted molar refractivity (Wildman–Crippen MR) is 90.7 cm³/mol. The fourth-order valence-corrected chi connectivity index (χ4v) is 3.37. The van der Waals surface area contributed by atoms with Gasteiger partial charge in [-0.25, -0.2) is 4.57 Å². The van der Waals surface area contributed by atoms with Gasteiger partial charge in [-0.2, -0.15) is 0 Å². The number of nitrogens with zero attached hydrogens (tertiary/aromatic N) is 3. The van der Waals surface area contributed by atoms with Crippen LogP contribution in [0.1, 0.15) is 19.6 Å². The van der Waals surface area contributed by atoms with Crippen molar-refractivity contribution in [3.63, 3.8) is 0 Å². The van der Waals surface area contributed by atoms with Crippen LogP contribution in [0.5, 0.6) is 0 Å². The van der Waals surface area contributed by atoms with Crippen molar-refractivity contribution in [2.24, 2.45) is 13.0 Å². The van der Waals surface area contributed by atoms with E-state index in [9.17, 15) is 9.90 Å². The molecule has 2 aromatic rings. The van der Waals surface area contributed by atoms with Crippen LogP contribution in [0, 0.1) is 5.92 Å². The van der Waals surface area contributed by atoms with Crippen LogP contribution in [-0.4, -0.2) is 45.1 Å². The first-order valence-corrected chi connectivity index (χ1v) is 8.22. The fourth-order valence-electron chi connectivity index (χ4n) is 3.37. The SMILES string of the molecule is C=CCOCC[C@@H]1[C@@H](C)OC([n+]2cn(C)c3c(=O)[nH]c(N)nc32)[C@@H]1O. The quantitative estimate of drug-likeness (QED) is 0.371. The largest absolute Gasteiger partial charge is 0.386 e. The van der Waals surface area contributed by atoms with Gasteiger partial charge in [-0.15, -0.1) is 6.58 Å². The Hall–Kier alpha value is -2.23. The zero-order valence-electron chi connectivity index (χ0n) is 14.4. The molecule has 0 aromatic carbocycles. The van der Waals surface area contributed by atoms with Gasteiger partial charge in [-0.3, -0.25) is 14.3 Å². The van der Waals surface area contributed by atoms with Gasteiger partial charge in [0, 0.05) is 12.5 Å². The number of H-pyrrole nitrogens is 1. The molecule has 2 aromatic heterocycles. The number of aliphatic hydroxyl groups is 1. The molecule has 0 amide bonds. The van der Waals surface area contributed by atoms with Crippen LogP contribution in [0.15, 0.2) is 23.8 Å². The summed E-state index contributed by atoms with van der Waals surface area (Å²) < 4.78 is 14.7. The molecule has 0 radical (unpaired) electrons. The van der Waals surface area contributed by atoms with Crippen molar-refractivity contribution in [2.75, 3.05) is 18.9 Å². The summed E-state index contributed by atoms with van der Waals surface area (Å²) in [7, 11) is 1.73. The number of imidazole rings is 1. The van der Waals surface area contributed by atoms with Crippen molar-refractivity contribution < 1.29 is 19.1 Å². The predicted octanol–water partition coefficient (Wildman–Crippen LogP) is -0.382. The summed E-state index contributed by atoms with van der Waals surface area (Å²) in [5.41, 5.74) is 6.08. The van der Waals surface area contributed by atoms with E-state index in [1.54, 1.807) is 28.6 Å². The lowest BCUT2D eigenvalue weighted by molar-refractivity contribution is -0.745. The maximum absolute atomic E-state index is 12.1. The Labute approximate surface area is 144 Å². The number of aryl methyl sites for hydroxylation is 1. The average molecular weight is 350 g/mol. The molecule has 0 bridgehead atoms. The van der Waals surface area contributed by atoms with Gasteiger partial charge in [0.1, 0.15) is 6.10 Å². The van der Waals surface area contributed by atoms with Crippen molar-refractivity contribution in [3.05, 3.63) is 29.3 Å². The summed E-state index contributed by atoms with van der Waals surface area (Å²) in [6, 6.07) is 0. The van der Waals surface area contributed by atoms with Gasteiger partial charge in [-0.05, 0) is 13.3 Å². The molecule has 0 saturated carbocycles. The maximum Gasteiger partial charge on any atom is 0.313 e. The Morgan fingerprint density at radius 2 is 2.40 bits per heavy atom. The van der Waals surface area contributed by atoms with E-state index in [4.69, 9.17) is 15.2 Å². The number of aliphatic hydroxyl groups excluding tert-OH is 1. The minimum Gasteiger partial charge on any atom is -0.386 e. The van der Waals surface area contributed by atoms with Gasteiger partial charge in [0.2, 0.25) is 11.7 Å². The van der Waals surface area contributed by atoms with E-state index in [1.165, 1.54) is 0 Å². The van der Waals surface area contributed by atoms with E-state index in [2.05, 4.69) is 16.5 Å². The summed E-state index contributed by atoms with van der Waals surface area (Å²) >= 11 is 0. The molecule has 9 heteroatoms. The summed E-state index contributed by atoms with van der Waals surface area (Å²) in [6.07, 6.45) is 2.48. The average Bonchev–Trinajstić information content (AvgIpc) is 3.02. The monoisotopic (exact) mass is 350 g/mol. The van der Waals surface area contributed by atoms with Crippen molar-refractivity contribution in [1.82, 2.24) is 14.5 Å². The number of anilines is 1. The van der Waals surface area contributed by atoms with E-state index in [0.717, 1.165) is 0 Å². The summed E-state index contributed by atoms with van der Waals surface area (Å²) in [6.45, 7) is 6.52. The Bertz CT molecular complexity index is 830. The van der Waals surface area contributed by atoms with E-state index in [-0.39, 0.29) is 23.5 Å². The molecule has 136 valence electrons. The molecule has 1 saturated heterocycles. The number of aromatic nitrogens is 4. The second kappa shape index (κ2) is 6.95. The highest BCUT2D eigenvalue weighted by Gasteiger charge is 2.45. The van der Waals surface area contributed by atoms with Crippen LogP contribution in [0.2, 0.25) is 0 Å². The number of aromatic amines is 1. The summed E-state index contributed by atoms with van der Waals surface area (Å²) in [4.78, 5) is 18.8. The highest BCUT2D eigenvalue weighted by atomic mass is 16.5. The first-order chi connectivity index (χ1) is 11.9. The van der Waals surface area contributed by atoms with Crippen molar-refractivity contribution in [1.29, 1.82) is 0 Å². The molecule has 1 unspecified atom stereocenters. The minimum atomic E-state index is -0.750. The van der Waals surface area contributed by atoms with Crippen molar-refractivity contribution >= 4 is 17.1 Å². The molecule has 4 N–H and O–H groups in total. The second-order valence-corrected chi connectivity index (χ2v) is 6.30. The van der Waals surface area contributed by atoms with Gasteiger partial charge in [0.15, 0.2) is 6.33 Å². The molecular weight excluding hydrogens is 326 g/mol. The molecule has 4 atom stereocenters. The number of fused-ring (bicyclic) bond motifs is 1. The molecule has 25 heavy (non-hydrogen) atoms. The first kappa shape index (κ1) is 17.6. The van der Waals surface area contributed by atoms with Gasteiger partial charge >= 0.3 is 5.65 Å². The molecule has 3 rings (SSSR count). The first-order valence-electron chi connectivity index (χ1n) is 8.22. The molecule has 0 aliphatic carbocycles. The fraction of sp³-hybridized carbons (Fsp3) is 0.562. The van der Waals surface area contributed by atoms with E-state index in [0.29, 0.717) is 30.8 Å². The van der Waals surface area contributed by atoms with Crippen LogP contribution in [-0.2, 0) is 16.5 Å². The zero-order chi connectivity index (χ0) is 18.1. The minimum absolute atomic E-state index is 0.0207. The smallest absolute Gasteiger partial charge is 0.313 e. The van der Waals surface area contributed by atoms with Gasteiger partial charge in [0.05, 0.1) is 19.8 Å². The third-order valence-corrected chi connectivity index (χ3v) is 4.58. The van der Waals surface area contributed by atoms with Gasteiger partial charge < -0.3 is 20.3 Å². The third kappa shape index (κ3) is 3.17. The van der Waals surface area contributed by atoms with E-state index >= 15 is 0 Å². The lowest BCUT2D eigenvalue weighted by Gasteiger charge is -2.17. The number of hydrogen-bond donors (Lipinski definition) is 3.